The Bertz CT molecular complexity index is 436. The minimum atomic E-state index is -6.95. The quantitative estimate of drug-likeness (QED) is 0.409. The molecule has 0 aromatic carbocycles. The third kappa shape index (κ3) is 4.76. The van der Waals surface area contributed by atoms with Crippen LogP contribution in [-0.4, -0.2) is 43.3 Å². The van der Waals surface area contributed by atoms with E-state index in [1.54, 1.807) is 0 Å². The van der Waals surface area contributed by atoms with E-state index in [4.69, 9.17) is 0 Å². The molecule has 0 aliphatic heterocycles. The van der Waals surface area contributed by atoms with Gasteiger partial charge in [-0.3, -0.25) is 4.57 Å². The molecule has 0 spiro atoms. The summed E-state index contributed by atoms with van der Waals surface area (Å²) in [6.07, 6.45) is -9.41. The molecule has 23 heavy (non-hydrogen) atoms. The molecule has 1 unspecified atom stereocenters. The van der Waals surface area contributed by atoms with Crippen molar-refractivity contribution >= 4 is 7.60 Å². The number of alkyl halides is 9. The summed E-state index contributed by atoms with van der Waals surface area (Å²) in [6, 6.07) is 0. The topological polar surface area (TPSA) is 35.5 Å². The van der Waals surface area contributed by atoms with E-state index in [0.29, 0.717) is 0 Å². The summed E-state index contributed by atoms with van der Waals surface area (Å²) in [6.45, 7) is 0.977. The van der Waals surface area contributed by atoms with E-state index in [2.05, 4.69) is 9.05 Å². The first-order valence-electron chi connectivity index (χ1n) is 6.16. The highest BCUT2D eigenvalue weighted by Gasteiger charge is 2.81. The van der Waals surface area contributed by atoms with Gasteiger partial charge in [-0.15, -0.1) is 0 Å². The van der Waals surface area contributed by atoms with Crippen LogP contribution in [0, 0.1) is 0 Å². The maximum Gasteiger partial charge on any atom is 0.460 e. The molecule has 0 saturated heterocycles. The lowest BCUT2D eigenvalue weighted by Crippen LogP contribution is -2.61. The van der Waals surface area contributed by atoms with Crippen LogP contribution in [0.1, 0.15) is 20.3 Å². The number of hydrogen-bond acceptors (Lipinski definition) is 3. The van der Waals surface area contributed by atoms with Crippen molar-refractivity contribution in [1.29, 1.82) is 0 Å². The van der Waals surface area contributed by atoms with Gasteiger partial charge >= 0.3 is 31.5 Å². The molecule has 0 aromatic rings. The summed E-state index contributed by atoms with van der Waals surface area (Å²) < 4.78 is 134. The summed E-state index contributed by atoms with van der Waals surface area (Å²) in [7, 11) is -3.90. The normalized spacial score (nSPS) is 17.2. The summed E-state index contributed by atoms with van der Waals surface area (Å²) in [5, 5.41) is 0. The third-order valence-corrected chi connectivity index (χ3v) is 4.63. The summed E-state index contributed by atoms with van der Waals surface area (Å²) in [5.41, 5.74) is 0. The maximum absolute atomic E-state index is 13.2. The molecule has 0 aliphatic carbocycles. The molecule has 0 rings (SSSR count). The first-order valence-corrected chi connectivity index (χ1v) is 7.89. The molecular weight excluding hydrogens is 370 g/mol. The smallest absolute Gasteiger partial charge is 0.309 e. The first kappa shape index (κ1) is 22.5. The van der Waals surface area contributed by atoms with Gasteiger partial charge in [-0.25, -0.2) is 0 Å². The van der Waals surface area contributed by atoms with Crippen LogP contribution >= 0.6 is 7.60 Å². The lowest BCUT2D eigenvalue weighted by Gasteiger charge is -2.33. The van der Waals surface area contributed by atoms with E-state index in [1.807, 2.05) is 0 Å². The number of hydrogen-bond donors (Lipinski definition) is 0. The van der Waals surface area contributed by atoms with Gasteiger partial charge in [-0.05, 0) is 6.92 Å². The zero-order valence-corrected chi connectivity index (χ0v) is 12.8. The SMILES string of the molecule is CCOP(=O)(CC)OCCC(F)(F)C(F)(F)C(F)(F)C(F)(F)F. The van der Waals surface area contributed by atoms with Gasteiger partial charge in [-0.2, -0.15) is 39.5 Å². The average molecular weight is 384 g/mol. The van der Waals surface area contributed by atoms with Crippen LogP contribution in [0.5, 0.6) is 0 Å². The molecule has 1 atom stereocenters. The van der Waals surface area contributed by atoms with Crippen LogP contribution in [0.25, 0.3) is 0 Å². The van der Waals surface area contributed by atoms with Gasteiger partial charge in [-0.1, -0.05) is 6.92 Å². The van der Waals surface area contributed by atoms with Crippen LogP contribution in [0.3, 0.4) is 0 Å². The van der Waals surface area contributed by atoms with Gasteiger partial charge in [0.1, 0.15) is 0 Å². The van der Waals surface area contributed by atoms with Crippen LogP contribution in [0.2, 0.25) is 0 Å². The third-order valence-electron chi connectivity index (χ3n) is 2.63. The Labute approximate surface area is 125 Å². The molecule has 0 radical (unpaired) electrons. The zero-order valence-electron chi connectivity index (χ0n) is 11.9. The van der Waals surface area contributed by atoms with Crippen molar-refractivity contribution in [2.45, 2.75) is 44.2 Å². The van der Waals surface area contributed by atoms with Gasteiger partial charge in [0.2, 0.25) is 0 Å². The Kier molecular flexibility index (Phi) is 7.03. The molecule has 0 fully saturated rings. The second kappa shape index (κ2) is 7.18. The monoisotopic (exact) mass is 384 g/mol. The van der Waals surface area contributed by atoms with Gasteiger partial charge in [0.05, 0.1) is 13.2 Å². The predicted octanol–water partition coefficient (Wildman–Crippen LogP) is 5.11. The van der Waals surface area contributed by atoms with Gasteiger partial charge < -0.3 is 9.05 Å². The summed E-state index contributed by atoms with van der Waals surface area (Å²) >= 11 is 0. The molecule has 0 heterocycles. The molecule has 0 aliphatic rings. The van der Waals surface area contributed by atoms with E-state index in [1.165, 1.54) is 13.8 Å². The fraction of sp³-hybridized carbons (Fsp3) is 1.00. The molecule has 0 aromatic heterocycles. The van der Waals surface area contributed by atoms with E-state index in [-0.39, 0.29) is 12.8 Å². The predicted molar refractivity (Wildman–Crippen MR) is 61.2 cm³/mol. The number of rotatable bonds is 9. The minimum absolute atomic E-state index is 0.177. The van der Waals surface area contributed by atoms with Crippen molar-refractivity contribution in [3.8, 4) is 0 Å². The van der Waals surface area contributed by atoms with Crippen LogP contribution < -0.4 is 0 Å². The van der Waals surface area contributed by atoms with E-state index >= 15 is 0 Å². The van der Waals surface area contributed by atoms with Crippen LogP contribution in [0.15, 0.2) is 0 Å². The Morgan fingerprint density at radius 2 is 1.30 bits per heavy atom. The highest BCUT2D eigenvalue weighted by atomic mass is 31.2. The lowest BCUT2D eigenvalue weighted by molar-refractivity contribution is -0.397. The minimum Gasteiger partial charge on any atom is -0.309 e. The first-order chi connectivity index (χ1) is 10.1. The van der Waals surface area contributed by atoms with Gasteiger partial charge in [0, 0.05) is 12.6 Å². The van der Waals surface area contributed by atoms with E-state index in [9.17, 15) is 44.1 Å². The Balaban J connectivity index is 5.10. The molecule has 13 heteroatoms. The Morgan fingerprint density at radius 1 is 0.826 bits per heavy atom. The van der Waals surface area contributed by atoms with Crippen LogP contribution in [0.4, 0.5) is 39.5 Å². The summed E-state index contributed by atoms with van der Waals surface area (Å²) in [4.78, 5) is 0. The standard InChI is InChI=1S/C10H14F9O3P/c1-3-21-23(20,4-2)22-6-5-7(11,12)8(13,14)9(15,16)10(17,18)19/h3-6H2,1-2H3. The molecule has 3 nitrogen and oxygen atoms in total. The van der Waals surface area contributed by atoms with Crippen LogP contribution in [-0.2, 0) is 13.6 Å². The Morgan fingerprint density at radius 3 is 1.65 bits per heavy atom. The molecule has 0 bridgehead atoms. The summed E-state index contributed by atoms with van der Waals surface area (Å²) in [5.74, 6) is -19.4. The second-order valence-corrected chi connectivity index (χ2v) is 6.65. The van der Waals surface area contributed by atoms with Crippen molar-refractivity contribution in [1.82, 2.24) is 0 Å². The lowest BCUT2D eigenvalue weighted by atomic mass is 10.0. The number of halogens is 9. The fourth-order valence-corrected chi connectivity index (χ4v) is 2.50. The highest BCUT2D eigenvalue weighted by Crippen LogP contribution is 2.55. The molecule has 140 valence electrons. The molecule has 0 saturated carbocycles. The largest absolute Gasteiger partial charge is 0.460 e. The second-order valence-electron chi connectivity index (χ2n) is 4.28. The van der Waals surface area contributed by atoms with Crippen molar-refractivity contribution in [3.05, 3.63) is 0 Å². The van der Waals surface area contributed by atoms with E-state index < -0.39 is 44.6 Å². The van der Waals surface area contributed by atoms with Gasteiger partial charge in [0.15, 0.2) is 0 Å². The zero-order chi connectivity index (χ0) is 18.7. The Hall–Kier alpha value is -0.480. The van der Waals surface area contributed by atoms with Crippen molar-refractivity contribution in [2.24, 2.45) is 0 Å². The van der Waals surface area contributed by atoms with E-state index in [0.717, 1.165) is 0 Å². The van der Waals surface area contributed by atoms with Crippen molar-refractivity contribution < 1.29 is 53.1 Å². The molecular formula is C10H14F9O3P. The molecule has 0 N–H and O–H groups in total. The van der Waals surface area contributed by atoms with Crippen molar-refractivity contribution in [3.63, 3.8) is 0 Å². The molecule has 0 amide bonds. The average Bonchev–Trinajstić information content (AvgIpc) is 2.37. The fourth-order valence-electron chi connectivity index (χ4n) is 1.29. The highest BCUT2D eigenvalue weighted by molar-refractivity contribution is 7.53. The van der Waals surface area contributed by atoms with Crippen molar-refractivity contribution in [2.75, 3.05) is 19.4 Å². The van der Waals surface area contributed by atoms with Gasteiger partial charge in [0.25, 0.3) is 0 Å². The maximum atomic E-state index is 13.2.